The van der Waals surface area contributed by atoms with Crippen molar-refractivity contribution in [1.29, 1.82) is 0 Å². The van der Waals surface area contributed by atoms with Gasteiger partial charge in [-0.1, -0.05) is 13.3 Å². The number of methoxy groups -OCH3 is 2. The quantitative estimate of drug-likeness (QED) is 0.797. The maximum absolute atomic E-state index is 10.8. The van der Waals surface area contributed by atoms with Crippen LogP contribution in [0.4, 0.5) is 0 Å². The number of carbonyl (C=O) groups is 2. The monoisotopic (exact) mass is 286 g/mol. The van der Waals surface area contributed by atoms with E-state index in [1.165, 1.54) is 20.6 Å². The highest BCUT2D eigenvalue weighted by atomic mass is 16.5. The first-order valence-electron chi connectivity index (χ1n) is 7.32. The number of hydrogen-bond donors (Lipinski definition) is 1. The second-order valence-corrected chi connectivity index (χ2v) is 5.71. The Morgan fingerprint density at radius 3 is 1.65 bits per heavy atom. The van der Waals surface area contributed by atoms with Crippen LogP contribution in [0, 0.1) is 23.7 Å². The first kappa shape index (κ1) is 17.0. The molecule has 2 rings (SSSR count). The highest BCUT2D eigenvalue weighted by Gasteiger charge is 2.34. The van der Waals surface area contributed by atoms with Crippen LogP contribution in [0.1, 0.15) is 39.0 Å². The lowest BCUT2D eigenvalue weighted by atomic mass is 9.74. The summed E-state index contributed by atoms with van der Waals surface area (Å²) in [4.78, 5) is 21.6. The molecule has 0 saturated heterocycles. The van der Waals surface area contributed by atoms with Gasteiger partial charge in [0, 0.05) is 6.61 Å². The van der Waals surface area contributed by atoms with Crippen LogP contribution in [0.15, 0.2) is 0 Å². The first-order valence-corrected chi connectivity index (χ1v) is 7.32. The summed E-state index contributed by atoms with van der Waals surface area (Å²) in [6, 6.07) is 0. The molecule has 0 aromatic heterocycles. The summed E-state index contributed by atoms with van der Waals surface area (Å²) < 4.78 is 9.13. The Labute approximate surface area is 120 Å². The molecular weight excluding hydrogens is 260 g/mol. The van der Waals surface area contributed by atoms with Crippen molar-refractivity contribution in [2.24, 2.45) is 23.7 Å². The summed E-state index contributed by atoms with van der Waals surface area (Å²) in [5.41, 5.74) is 0. The molecule has 5 nitrogen and oxygen atoms in total. The Kier molecular flexibility index (Phi) is 6.99. The van der Waals surface area contributed by atoms with Gasteiger partial charge in [0.2, 0.25) is 0 Å². The van der Waals surface area contributed by atoms with Gasteiger partial charge in [-0.15, -0.1) is 0 Å². The standard InChI is InChI=1S/C8H14O2.C7H12O3/c1-3-6-4-7(5-6)8(9)10-2;1-10-7(9)6-2-5(3-6)4-8/h6-7H,3-5H2,1-2H3;5-6,8H,2-4H2,1H3. The van der Waals surface area contributed by atoms with Gasteiger partial charge < -0.3 is 14.6 Å². The van der Waals surface area contributed by atoms with Gasteiger partial charge in [0.25, 0.3) is 0 Å². The van der Waals surface area contributed by atoms with E-state index in [1.54, 1.807) is 0 Å². The second-order valence-electron chi connectivity index (χ2n) is 5.71. The predicted octanol–water partition coefficient (Wildman–Crippen LogP) is 1.77. The van der Waals surface area contributed by atoms with Crippen LogP contribution in [0.2, 0.25) is 0 Å². The molecule has 0 aromatic rings. The van der Waals surface area contributed by atoms with Crippen molar-refractivity contribution in [2.75, 3.05) is 20.8 Å². The minimum Gasteiger partial charge on any atom is -0.469 e. The summed E-state index contributed by atoms with van der Waals surface area (Å²) in [6.45, 7) is 2.37. The fourth-order valence-electron chi connectivity index (χ4n) is 2.67. The topological polar surface area (TPSA) is 72.8 Å². The van der Waals surface area contributed by atoms with Crippen molar-refractivity contribution in [3.63, 3.8) is 0 Å². The largest absolute Gasteiger partial charge is 0.469 e. The van der Waals surface area contributed by atoms with Gasteiger partial charge in [-0.05, 0) is 37.5 Å². The Hall–Kier alpha value is -1.10. The fraction of sp³-hybridized carbons (Fsp3) is 0.867. The molecule has 0 atom stereocenters. The first-order chi connectivity index (χ1) is 9.55. The lowest BCUT2D eigenvalue weighted by molar-refractivity contribution is -0.151. The summed E-state index contributed by atoms with van der Waals surface area (Å²) in [6.07, 6.45) is 4.88. The van der Waals surface area contributed by atoms with Crippen LogP contribution in [0.5, 0.6) is 0 Å². The van der Waals surface area contributed by atoms with Gasteiger partial charge in [-0.25, -0.2) is 0 Å². The molecule has 20 heavy (non-hydrogen) atoms. The minimum absolute atomic E-state index is 0.0234. The van der Waals surface area contributed by atoms with Crippen LogP contribution >= 0.6 is 0 Å². The molecule has 0 spiro atoms. The second kappa shape index (κ2) is 8.25. The summed E-state index contributed by atoms with van der Waals surface area (Å²) in [5, 5.41) is 8.61. The van der Waals surface area contributed by atoms with Gasteiger partial charge >= 0.3 is 11.9 Å². The molecule has 0 aromatic carbocycles. The highest BCUT2D eigenvalue weighted by Crippen LogP contribution is 2.36. The van der Waals surface area contributed by atoms with Crippen molar-refractivity contribution in [3.8, 4) is 0 Å². The normalized spacial score (nSPS) is 31.0. The summed E-state index contributed by atoms with van der Waals surface area (Å²) in [7, 11) is 2.86. The molecular formula is C15H26O5. The van der Waals surface area contributed by atoms with Gasteiger partial charge in [0.1, 0.15) is 0 Å². The van der Waals surface area contributed by atoms with E-state index in [0.29, 0.717) is 5.92 Å². The Balaban J connectivity index is 0.000000200. The Morgan fingerprint density at radius 1 is 0.950 bits per heavy atom. The van der Waals surface area contributed by atoms with Crippen molar-refractivity contribution in [2.45, 2.75) is 39.0 Å². The molecule has 0 unspecified atom stereocenters. The van der Waals surface area contributed by atoms with E-state index in [1.807, 2.05) is 0 Å². The number of rotatable bonds is 4. The Morgan fingerprint density at radius 2 is 1.35 bits per heavy atom. The number of aliphatic hydroxyl groups excluding tert-OH is 1. The molecule has 0 heterocycles. The van der Waals surface area contributed by atoms with Gasteiger partial charge in [-0.2, -0.15) is 0 Å². The number of carbonyl (C=O) groups excluding carboxylic acids is 2. The number of hydrogen-bond acceptors (Lipinski definition) is 5. The third-order valence-corrected chi connectivity index (χ3v) is 4.38. The molecule has 2 aliphatic rings. The fourth-order valence-corrected chi connectivity index (χ4v) is 2.67. The molecule has 0 radical (unpaired) electrons. The maximum atomic E-state index is 10.8. The maximum Gasteiger partial charge on any atom is 0.308 e. The van der Waals surface area contributed by atoms with Crippen LogP contribution in [-0.4, -0.2) is 37.9 Å². The van der Waals surface area contributed by atoms with E-state index in [2.05, 4.69) is 16.4 Å². The highest BCUT2D eigenvalue weighted by molar-refractivity contribution is 5.73. The van der Waals surface area contributed by atoms with E-state index in [9.17, 15) is 9.59 Å². The third-order valence-electron chi connectivity index (χ3n) is 4.38. The van der Waals surface area contributed by atoms with Gasteiger partial charge in [0.05, 0.1) is 26.1 Å². The van der Waals surface area contributed by atoms with Crippen LogP contribution in [0.25, 0.3) is 0 Å². The molecule has 116 valence electrons. The molecule has 5 heteroatoms. The SMILES string of the molecule is CCC1CC(C(=O)OC)C1.COC(=O)C1CC(CO)C1. The van der Waals surface area contributed by atoms with Crippen molar-refractivity contribution >= 4 is 11.9 Å². The van der Waals surface area contributed by atoms with E-state index < -0.39 is 0 Å². The smallest absolute Gasteiger partial charge is 0.308 e. The van der Waals surface area contributed by atoms with Crippen molar-refractivity contribution < 1.29 is 24.2 Å². The molecule has 0 bridgehead atoms. The predicted molar refractivity (Wildman–Crippen MR) is 73.8 cm³/mol. The summed E-state index contributed by atoms with van der Waals surface area (Å²) in [5.74, 6) is 1.24. The van der Waals surface area contributed by atoms with E-state index in [0.717, 1.165) is 31.6 Å². The lowest BCUT2D eigenvalue weighted by Gasteiger charge is -2.32. The molecule has 1 N–H and O–H groups in total. The zero-order valence-electron chi connectivity index (χ0n) is 12.6. The molecule has 0 amide bonds. The van der Waals surface area contributed by atoms with Gasteiger partial charge in [-0.3, -0.25) is 9.59 Å². The minimum atomic E-state index is -0.135. The van der Waals surface area contributed by atoms with Crippen LogP contribution in [-0.2, 0) is 19.1 Å². The molecule has 2 aliphatic carbocycles. The van der Waals surface area contributed by atoms with Gasteiger partial charge in [0.15, 0.2) is 0 Å². The van der Waals surface area contributed by atoms with E-state index >= 15 is 0 Å². The average Bonchev–Trinajstić information content (AvgIpc) is 2.36. The molecule has 2 fully saturated rings. The summed E-state index contributed by atoms with van der Waals surface area (Å²) >= 11 is 0. The number of esters is 2. The zero-order valence-corrected chi connectivity index (χ0v) is 12.6. The lowest BCUT2D eigenvalue weighted by Crippen LogP contribution is -2.33. The van der Waals surface area contributed by atoms with E-state index in [-0.39, 0.29) is 30.4 Å². The van der Waals surface area contributed by atoms with Crippen LogP contribution < -0.4 is 0 Å². The molecule has 2 saturated carbocycles. The van der Waals surface area contributed by atoms with Crippen LogP contribution in [0.3, 0.4) is 0 Å². The number of ether oxygens (including phenoxy) is 2. The number of aliphatic hydroxyl groups is 1. The Bertz CT molecular complexity index is 284. The zero-order chi connectivity index (χ0) is 15.1. The third kappa shape index (κ3) is 4.47. The van der Waals surface area contributed by atoms with Crippen molar-refractivity contribution in [3.05, 3.63) is 0 Å². The van der Waals surface area contributed by atoms with E-state index in [4.69, 9.17) is 5.11 Å². The molecule has 0 aliphatic heterocycles. The van der Waals surface area contributed by atoms with Crippen molar-refractivity contribution in [1.82, 2.24) is 0 Å². The average molecular weight is 286 g/mol.